The lowest BCUT2D eigenvalue weighted by molar-refractivity contribution is -0.131. The molecule has 1 unspecified atom stereocenters. The Bertz CT molecular complexity index is 454. The van der Waals surface area contributed by atoms with Crippen molar-refractivity contribution >= 4 is 5.91 Å². The summed E-state index contributed by atoms with van der Waals surface area (Å²) in [6, 6.07) is 10.6. The third-order valence-electron chi connectivity index (χ3n) is 4.60. The summed E-state index contributed by atoms with van der Waals surface area (Å²) in [5, 5.41) is 3.38. The van der Waals surface area contributed by atoms with Crippen molar-refractivity contribution < 1.29 is 4.79 Å². The summed E-state index contributed by atoms with van der Waals surface area (Å²) in [5.74, 6) is 0.816. The molecule has 0 aliphatic carbocycles. The number of likely N-dealkylation sites (tertiary alicyclic amines) is 1. The molecule has 0 spiro atoms. The van der Waals surface area contributed by atoms with Crippen LogP contribution in [0.25, 0.3) is 0 Å². The van der Waals surface area contributed by atoms with Crippen LogP contribution in [-0.4, -0.2) is 61.5 Å². The highest BCUT2D eigenvalue weighted by Crippen LogP contribution is 2.26. The molecule has 3 rings (SSSR count). The minimum Gasteiger partial charge on any atom is -0.341 e. The Hall–Kier alpha value is -1.39. The summed E-state index contributed by atoms with van der Waals surface area (Å²) >= 11 is 0. The van der Waals surface area contributed by atoms with Gasteiger partial charge in [-0.15, -0.1) is 0 Å². The maximum atomic E-state index is 12.5. The van der Waals surface area contributed by atoms with E-state index in [4.69, 9.17) is 0 Å². The van der Waals surface area contributed by atoms with Crippen LogP contribution < -0.4 is 5.32 Å². The predicted molar refractivity (Wildman–Crippen MR) is 84.3 cm³/mol. The third-order valence-corrected chi connectivity index (χ3v) is 4.60. The smallest absolute Gasteiger partial charge is 0.236 e. The van der Waals surface area contributed by atoms with E-state index in [1.807, 2.05) is 0 Å². The minimum absolute atomic E-state index is 0.301. The van der Waals surface area contributed by atoms with Crippen LogP contribution in [0.4, 0.5) is 0 Å². The Morgan fingerprint density at radius 1 is 1.14 bits per heavy atom. The highest BCUT2D eigenvalue weighted by atomic mass is 16.2. The second-order valence-corrected chi connectivity index (χ2v) is 6.12. The SMILES string of the molecule is O=C(CN1CCCNCC1)N1CCC(c2ccccc2)C1. The first-order valence-electron chi connectivity index (χ1n) is 8.09. The number of nitrogens with zero attached hydrogens (tertiary/aromatic N) is 2. The fourth-order valence-electron chi connectivity index (χ4n) is 3.34. The lowest BCUT2D eigenvalue weighted by Gasteiger charge is -2.23. The zero-order valence-corrected chi connectivity index (χ0v) is 12.6. The van der Waals surface area contributed by atoms with E-state index < -0.39 is 0 Å². The summed E-state index contributed by atoms with van der Waals surface area (Å²) in [4.78, 5) is 16.8. The molecule has 1 amide bonds. The Labute approximate surface area is 127 Å². The molecule has 114 valence electrons. The van der Waals surface area contributed by atoms with Crippen LogP contribution in [-0.2, 0) is 4.79 Å². The molecule has 2 heterocycles. The number of carbonyl (C=O) groups is 1. The van der Waals surface area contributed by atoms with Gasteiger partial charge in [-0.1, -0.05) is 30.3 Å². The topological polar surface area (TPSA) is 35.6 Å². The van der Waals surface area contributed by atoms with Crippen LogP contribution in [0.3, 0.4) is 0 Å². The minimum atomic E-state index is 0.301. The number of nitrogens with one attached hydrogen (secondary N) is 1. The Balaban J connectivity index is 1.52. The van der Waals surface area contributed by atoms with Gasteiger partial charge >= 0.3 is 0 Å². The molecule has 0 saturated carbocycles. The van der Waals surface area contributed by atoms with Gasteiger partial charge in [0, 0.05) is 32.1 Å². The molecule has 0 radical (unpaired) electrons. The summed E-state index contributed by atoms with van der Waals surface area (Å²) in [7, 11) is 0. The maximum absolute atomic E-state index is 12.5. The first-order valence-corrected chi connectivity index (χ1v) is 8.09. The summed E-state index contributed by atoms with van der Waals surface area (Å²) in [6.45, 7) is 6.48. The molecule has 4 heteroatoms. The molecule has 1 aromatic rings. The van der Waals surface area contributed by atoms with Gasteiger partial charge in [-0.3, -0.25) is 9.69 Å². The lowest BCUT2D eigenvalue weighted by Crippen LogP contribution is -2.40. The van der Waals surface area contributed by atoms with Crippen LogP contribution in [0.15, 0.2) is 30.3 Å². The highest BCUT2D eigenvalue weighted by molar-refractivity contribution is 5.78. The highest BCUT2D eigenvalue weighted by Gasteiger charge is 2.28. The van der Waals surface area contributed by atoms with Crippen molar-refractivity contribution in [2.45, 2.75) is 18.8 Å². The third kappa shape index (κ3) is 3.83. The van der Waals surface area contributed by atoms with Crippen molar-refractivity contribution in [2.75, 3.05) is 45.8 Å². The van der Waals surface area contributed by atoms with Crippen molar-refractivity contribution in [1.29, 1.82) is 0 Å². The van der Waals surface area contributed by atoms with E-state index in [9.17, 15) is 4.79 Å². The van der Waals surface area contributed by atoms with Crippen molar-refractivity contribution in [3.63, 3.8) is 0 Å². The Morgan fingerprint density at radius 3 is 2.86 bits per heavy atom. The Kier molecular flexibility index (Phi) is 4.88. The average molecular weight is 287 g/mol. The van der Waals surface area contributed by atoms with Gasteiger partial charge in [0.05, 0.1) is 6.54 Å². The van der Waals surface area contributed by atoms with E-state index in [0.717, 1.165) is 52.1 Å². The standard InChI is InChI=1S/C17H25N3O/c21-17(14-19-10-4-8-18-9-12-19)20-11-7-16(13-20)15-5-2-1-3-6-15/h1-3,5-6,16,18H,4,7-14H2. The van der Waals surface area contributed by atoms with Gasteiger partial charge in [-0.05, 0) is 31.5 Å². The molecule has 1 N–H and O–H groups in total. The van der Waals surface area contributed by atoms with E-state index in [2.05, 4.69) is 45.4 Å². The number of amides is 1. The molecular formula is C17H25N3O. The van der Waals surface area contributed by atoms with Crippen LogP contribution in [0.1, 0.15) is 24.3 Å². The lowest BCUT2D eigenvalue weighted by atomic mass is 9.99. The molecule has 2 fully saturated rings. The number of carbonyl (C=O) groups excluding carboxylic acids is 1. The summed E-state index contributed by atoms with van der Waals surface area (Å²) < 4.78 is 0. The van der Waals surface area contributed by atoms with E-state index in [1.54, 1.807) is 0 Å². The monoisotopic (exact) mass is 287 g/mol. The van der Waals surface area contributed by atoms with Gasteiger partial charge in [0.2, 0.25) is 5.91 Å². The molecule has 2 aliphatic rings. The molecule has 0 aromatic heterocycles. The number of benzene rings is 1. The summed E-state index contributed by atoms with van der Waals surface area (Å²) in [5.41, 5.74) is 1.37. The quantitative estimate of drug-likeness (QED) is 0.910. The van der Waals surface area contributed by atoms with E-state index in [-0.39, 0.29) is 0 Å². The fourth-order valence-corrected chi connectivity index (χ4v) is 3.34. The van der Waals surface area contributed by atoms with Crippen molar-refractivity contribution in [3.05, 3.63) is 35.9 Å². The predicted octanol–water partition coefficient (Wildman–Crippen LogP) is 1.30. The van der Waals surface area contributed by atoms with E-state index in [0.29, 0.717) is 18.4 Å². The maximum Gasteiger partial charge on any atom is 0.236 e. The van der Waals surface area contributed by atoms with Gasteiger partial charge < -0.3 is 10.2 Å². The molecule has 1 aromatic carbocycles. The number of hydrogen-bond donors (Lipinski definition) is 1. The average Bonchev–Trinajstić information content (AvgIpc) is 2.88. The summed E-state index contributed by atoms with van der Waals surface area (Å²) in [6.07, 6.45) is 2.23. The molecule has 0 bridgehead atoms. The second kappa shape index (κ2) is 7.05. The molecule has 2 aliphatic heterocycles. The first-order chi connectivity index (χ1) is 10.3. The van der Waals surface area contributed by atoms with Crippen LogP contribution in [0.5, 0.6) is 0 Å². The zero-order chi connectivity index (χ0) is 14.5. The van der Waals surface area contributed by atoms with Gasteiger partial charge in [-0.2, -0.15) is 0 Å². The number of rotatable bonds is 3. The van der Waals surface area contributed by atoms with Gasteiger partial charge in [0.25, 0.3) is 0 Å². The van der Waals surface area contributed by atoms with Crippen molar-refractivity contribution in [3.8, 4) is 0 Å². The second-order valence-electron chi connectivity index (χ2n) is 6.12. The van der Waals surface area contributed by atoms with E-state index >= 15 is 0 Å². The van der Waals surface area contributed by atoms with Crippen LogP contribution in [0, 0.1) is 0 Å². The molecule has 1 atom stereocenters. The fraction of sp³-hybridized carbons (Fsp3) is 0.588. The first kappa shape index (κ1) is 14.5. The molecule has 21 heavy (non-hydrogen) atoms. The van der Waals surface area contributed by atoms with Crippen LogP contribution in [0.2, 0.25) is 0 Å². The van der Waals surface area contributed by atoms with Crippen molar-refractivity contribution in [1.82, 2.24) is 15.1 Å². The van der Waals surface area contributed by atoms with Gasteiger partial charge in [0.1, 0.15) is 0 Å². The number of hydrogen-bond acceptors (Lipinski definition) is 3. The van der Waals surface area contributed by atoms with Crippen LogP contribution >= 0.6 is 0 Å². The molecule has 4 nitrogen and oxygen atoms in total. The van der Waals surface area contributed by atoms with Crippen molar-refractivity contribution in [2.24, 2.45) is 0 Å². The van der Waals surface area contributed by atoms with Gasteiger partial charge in [0.15, 0.2) is 0 Å². The van der Waals surface area contributed by atoms with E-state index in [1.165, 1.54) is 5.56 Å². The normalized spacial score (nSPS) is 24.0. The molecule has 2 saturated heterocycles. The largest absolute Gasteiger partial charge is 0.341 e. The zero-order valence-electron chi connectivity index (χ0n) is 12.6. The molecular weight excluding hydrogens is 262 g/mol. The van der Waals surface area contributed by atoms with Gasteiger partial charge in [-0.25, -0.2) is 0 Å². The Morgan fingerprint density at radius 2 is 2.00 bits per heavy atom.